The van der Waals surface area contributed by atoms with Gasteiger partial charge in [-0.15, -0.1) is 0 Å². The number of nitrogens with zero attached hydrogens (tertiary/aromatic N) is 2. The van der Waals surface area contributed by atoms with Gasteiger partial charge < -0.3 is 4.90 Å². The topological polar surface area (TPSA) is 15.6 Å². The third kappa shape index (κ3) is 1.46. The maximum Gasteiger partial charge on any atom is 0.148 e. The number of rotatable bonds is 0. The van der Waals surface area contributed by atoms with Gasteiger partial charge in [0, 0.05) is 13.2 Å². The first-order chi connectivity index (χ1) is 6.18. The SMILES string of the molecule is CN1C=c2c(F)c(Br)ccc2=NC1. The highest BCUT2D eigenvalue weighted by Gasteiger charge is 2.06. The van der Waals surface area contributed by atoms with Gasteiger partial charge in [0.15, 0.2) is 0 Å². The molecule has 2 nitrogen and oxygen atoms in total. The van der Waals surface area contributed by atoms with E-state index >= 15 is 0 Å². The quantitative estimate of drug-likeness (QED) is 0.659. The number of fused-ring (bicyclic) bond motifs is 1. The lowest BCUT2D eigenvalue weighted by Gasteiger charge is -2.14. The van der Waals surface area contributed by atoms with Crippen molar-refractivity contribution in [2.24, 2.45) is 4.99 Å². The number of benzene rings is 1. The van der Waals surface area contributed by atoms with Crippen molar-refractivity contribution in [1.82, 2.24) is 4.90 Å². The van der Waals surface area contributed by atoms with E-state index in [4.69, 9.17) is 0 Å². The van der Waals surface area contributed by atoms with E-state index in [1.54, 1.807) is 12.3 Å². The molecule has 0 saturated carbocycles. The summed E-state index contributed by atoms with van der Waals surface area (Å²) in [5.74, 6) is -0.243. The first-order valence-electron chi connectivity index (χ1n) is 3.89. The summed E-state index contributed by atoms with van der Waals surface area (Å²) in [5, 5.41) is 1.28. The number of hydrogen-bond donors (Lipinski definition) is 0. The molecule has 0 unspecified atom stereocenters. The summed E-state index contributed by atoms with van der Waals surface area (Å²) in [6.45, 7) is 0.591. The molecule has 0 amide bonds. The molecule has 0 aromatic heterocycles. The molecule has 4 heteroatoms. The van der Waals surface area contributed by atoms with Gasteiger partial charge in [-0.25, -0.2) is 4.39 Å². The van der Waals surface area contributed by atoms with Crippen molar-refractivity contribution < 1.29 is 4.39 Å². The highest BCUT2D eigenvalue weighted by atomic mass is 79.9. The van der Waals surface area contributed by atoms with Crippen LogP contribution in [0.2, 0.25) is 0 Å². The molecule has 2 rings (SSSR count). The van der Waals surface area contributed by atoms with Crippen LogP contribution in [0.5, 0.6) is 0 Å². The maximum atomic E-state index is 13.5. The van der Waals surface area contributed by atoms with Crippen LogP contribution in [-0.4, -0.2) is 18.6 Å². The van der Waals surface area contributed by atoms with Crippen LogP contribution >= 0.6 is 15.9 Å². The van der Waals surface area contributed by atoms with Gasteiger partial charge in [-0.05, 0) is 28.1 Å². The van der Waals surface area contributed by atoms with Gasteiger partial charge in [0.05, 0.1) is 15.0 Å². The van der Waals surface area contributed by atoms with E-state index in [-0.39, 0.29) is 5.82 Å². The fourth-order valence-corrected chi connectivity index (χ4v) is 1.61. The molecule has 0 fully saturated rings. The molecule has 0 aliphatic carbocycles. The van der Waals surface area contributed by atoms with E-state index in [1.165, 1.54) is 0 Å². The maximum absolute atomic E-state index is 13.5. The van der Waals surface area contributed by atoms with Crippen molar-refractivity contribution in [3.63, 3.8) is 0 Å². The molecule has 1 aromatic carbocycles. The van der Waals surface area contributed by atoms with Crippen LogP contribution in [0.3, 0.4) is 0 Å². The third-order valence-corrected chi connectivity index (χ3v) is 2.54. The van der Waals surface area contributed by atoms with Crippen molar-refractivity contribution in [3.05, 3.63) is 33.0 Å². The van der Waals surface area contributed by atoms with Crippen LogP contribution in [0.1, 0.15) is 0 Å². The molecular weight excluding hydrogens is 235 g/mol. The standard InChI is InChI=1S/C9H8BrFN2/c1-13-4-6-8(12-5-13)3-2-7(10)9(6)11/h2-4H,5H2,1H3. The molecule has 0 atom stereocenters. The second-order valence-electron chi connectivity index (χ2n) is 2.98. The van der Waals surface area contributed by atoms with E-state index < -0.39 is 0 Å². The normalized spacial score (nSPS) is 14.5. The Labute approximate surface area is 83.5 Å². The van der Waals surface area contributed by atoms with Crippen LogP contribution in [0, 0.1) is 5.82 Å². The smallest absolute Gasteiger partial charge is 0.148 e. The highest BCUT2D eigenvalue weighted by molar-refractivity contribution is 9.10. The zero-order chi connectivity index (χ0) is 9.42. The minimum atomic E-state index is -0.243. The second-order valence-corrected chi connectivity index (χ2v) is 3.83. The predicted octanol–water partition coefficient (Wildman–Crippen LogP) is 0.849. The van der Waals surface area contributed by atoms with E-state index in [0.717, 1.165) is 5.36 Å². The van der Waals surface area contributed by atoms with Crippen LogP contribution in [0.4, 0.5) is 4.39 Å². The lowest BCUT2D eigenvalue weighted by Crippen LogP contribution is -2.36. The summed E-state index contributed by atoms with van der Waals surface area (Å²) >= 11 is 3.14. The van der Waals surface area contributed by atoms with Crippen molar-refractivity contribution in [1.29, 1.82) is 0 Å². The van der Waals surface area contributed by atoms with E-state index in [0.29, 0.717) is 16.4 Å². The summed E-state index contributed by atoms with van der Waals surface area (Å²) in [7, 11) is 1.87. The summed E-state index contributed by atoms with van der Waals surface area (Å²) in [5.41, 5.74) is 0. The molecule has 1 aliphatic heterocycles. The van der Waals surface area contributed by atoms with Gasteiger partial charge >= 0.3 is 0 Å². The summed E-state index contributed by atoms with van der Waals surface area (Å²) in [4.78, 5) is 6.05. The second kappa shape index (κ2) is 3.10. The van der Waals surface area contributed by atoms with E-state index in [2.05, 4.69) is 20.9 Å². The minimum Gasteiger partial charge on any atom is -0.361 e. The van der Waals surface area contributed by atoms with Gasteiger partial charge in [-0.1, -0.05) is 0 Å². The van der Waals surface area contributed by atoms with E-state index in [9.17, 15) is 4.39 Å². The molecule has 0 radical (unpaired) electrons. The predicted molar refractivity (Wildman–Crippen MR) is 52.0 cm³/mol. The van der Waals surface area contributed by atoms with Crippen molar-refractivity contribution in [2.75, 3.05) is 13.7 Å². The molecule has 68 valence electrons. The summed E-state index contributed by atoms with van der Waals surface area (Å²) < 4.78 is 14.0. The zero-order valence-corrected chi connectivity index (χ0v) is 8.68. The Bertz CT molecular complexity index is 455. The Morgan fingerprint density at radius 2 is 2.31 bits per heavy atom. The van der Waals surface area contributed by atoms with Crippen molar-refractivity contribution >= 4 is 22.1 Å². The summed E-state index contributed by atoms with van der Waals surface area (Å²) in [6.07, 6.45) is 1.77. The molecule has 0 saturated heterocycles. The van der Waals surface area contributed by atoms with Crippen LogP contribution in [-0.2, 0) is 0 Å². The third-order valence-electron chi connectivity index (χ3n) is 1.92. The lowest BCUT2D eigenvalue weighted by molar-refractivity contribution is 0.490. The first-order valence-corrected chi connectivity index (χ1v) is 4.68. The molecule has 1 aromatic rings. The minimum absolute atomic E-state index is 0.243. The van der Waals surface area contributed by atoms with Crippen molar-refractivity contribution in [3.8, 4) is 0 Å². The Morgan fingerprint density at radius 3 is 3.08 bits per heavy atom. The van der Waals surface area contributed by atoms with Crippen LogP contribution in [0.15, 0.2) is 21.6 Å². The molecule has 1 heterocycles. The average Bonchev–Trinajstić information content (AvgIpc) is 2.12. The van der Waals surface area contributed by atoms with E-state index in [1.807, 2.05) is 18.0 Å². The Balaban J connectivity index is 2.82. The summed E-state index contributed by atoms with van der Waals surface area (Å²) in [6, 6.07) is 3.49. The molecule has 0 N–H and O–H groups in total. The van der Waals surface area contributed by atoms with Crippen molar-refractivity contribution in [2.45, 2.75) is 0 Å². The van der Waals surface area contributed by atoms with Crippen LogP contribution in [0.25, 0.3) is 6.20 Å². The van der Waals surface area contributed by atoms with Gasteiger partial charge in [-0.3, -0.25) is 4.99 Å². The molecule has 0 spiro atoms. The zero-order valence-electron chi connectivity index (χ0n) is 7.09. The largest absolute Gasteiger partial charge is 0.361 e. The Kier molecular flexibility index (Phi) is 2.07. The Hall–Kier alpha value is -0.900. The molecular formula is C9H8BrFN2. The average molecular weight is 243 g/mol. The van der Waals surface area contributed by atoms with Gasteiger partial charge in [-0.2, -0.15) is 0 Å². The highest BCUT2D eigenvalue weighted by Crippen LogP contribution is 2.08. The monoisotopic (exact) mass is 242 g/mol. The van der Waals surface area contributed by atoms with Gasteiger partial charge in [0.1, 0.15) is 12.5 Å². The number of hydrogen-bond acceptors (Lipinski definition) is 2. The lowest BCUT2D eigenvalue weighted by atomic mass is 10.2. The van der Waals surface area contributed by atoms with Gasteiger partial charge in [0.2, 0.25) is 0 Å². The Morgan fingerprint density at radius 1 is 1.54 bits per heavy atom. The first kappa shape index (κ1) is 8.69. The van der Waals surface area contributed by atoms with Gasteiger partial charge in [0.25, 0.3) is 0 Å². The fraction of sp³-hybridized carbons (Fsp3) is 0.222. The fourth-order valence-electron chi connectivity index (χ4n) is 1.27. The van der Waals surface area contributed by atoms with Crippen LogP contribution < -0.4 is 10.6 Å². The molecule has 0 bridgehead atoms. The molecule has 13 heavy (non-hydrogen) atoms. The number of halogens is 2. The molecule has 1 aliphatic rings.